The standard InChI is InChI=1S/C24H30N2O2.ClH/c27-23(21-11-12-22-20(15-21)9-4-10-24(28)25-22)17-26-13-5-8-19(16-26)14-18-6-2-1-3-7-18;/h1-3,6-7,11-12,15,19,23,27H,4-5,8-10,13-14,16-17H2,(H,25,28);1H/t19-,23?;/m0./s1. The Morgan fingerprint density at radius 1 is 1.10 bits per heavy atom. The van der Waals surface area contributed by atoms with Crippen LogP contribution in [0.25, 0.3) is 0 Å². The minimum atomic E-state index is -0.486. The summed E-state index contributed by atoms with van der Waals surface area (Å²) in [5, 5.41) is 13.8. The molecule has 156 valence electrons. The number of piperidine rings is 1. The summed E-state index contributed by atoms with van der Waals surface area (Å²) in [6.07, 6.45) is 5.42. The van der Waals surface area contributed by atoms with Crippen molar-refractivity contribution in [3.05, 3.63) is 65.2 Å². The number of aryl methyl sites for hydroxylation is 1. The van der Waals surface area contributed by atoms with Gasteiger partial charge in [-0.15, -0.1) is 12.4 Å². The molecule has 1 fully saturated rings. The minimum Gasteiger partial charge on any atom is -0.387 e. The largest absolute Gasteiger partial charge is 0.387 e. The molecule has 2 aromatic rings. The number of amides is 1. The third-order valence-corrected chi connectivity index (χ3v) is 6.04. The summed E-state index contributed by atoms with van der Waals surface area (Å²) in [4.78, 5) is 14.1. The second-order valence-electron chi connectivity index (χ2n) is 8.29. The van der Waals surface area contributed by atoms with Crippen molar-refractivity contribution in [2.24, 2.45) is 5.92 Å². The first-order valence-corrected chi connectivity index (χ1v) is 10.5. The monoisotopic (exact) mass is 414 g/mol. The van der Waals surface area contributed by atoms with Crippen molar-refractivity contribution in [3.8, 4) is 0 Å². The van der Waals surface area contributed by atoms with Gasteiger partial charge in [0.25, 0.3) is 0 Å². The molecule has 1 saturated heterocycles. The minimum absolute atomic E-state index is 0. The van der Waals surface area contributed by atoms with E-state index in [1.54, 1.807) is 0 Å². The zero-order valence-electron chi connectivity index (χ0n) is 16.8. The van der Waals surface area contributed by atoms with Crippen molar-refractivity contribution in [3.63, 3.8) is 0 Å². The summed E-state index contributed by atoms with van der Waals surface area (Å²) < 4.78 is 0. The van der Waals surface area contributed by atoms with Crippen LogP contribution in [0, 0.1) is 5.92 Å². The van der Waals surface area contributed by atoms with Crippen LogP contribution in [-0.2, 0) is 17.6 Å². The van der Waals surface area contributed by atoms with Gasteiger partial charge in [-0.05, 0) is 67.3 Å². The number of carbonyl (C=O) groups excluding carboxylic acids is 1. The lowest BCUT2D eigenvalue weighted by Crippen LogP contribution is -2.38. The van der Waals surface area contributed by atoms with E-state index >= 15 is 0 Å². The Kier molecular flexibility index (Phi) is 7.70. The Bertz CT molecular complexity index is 812. The van der Waals surface area contributed by atoms with Gasteiger partial charge in [-0.1, -0.05) is 42.5 Å². The summed E-state index contributed by atoms with van der Waals surface area (Å²) >= 11 is 0. The van der Waals surface area contributed by atoms with Crippen LogP contribution in [0.15, 0.2) is 48.5 Å². The molecule has 29 heavy (non-hydrogen) atoms. The zero-order valence-corrected chi connectivity index (χ0v) is 17.7. The highest BCUT2D eigenvalue weighted by atomic mass is 35.5. The number of fused-ring (bicyclic) bond motifs is 1. The maximum absolute atomic E-state index is 11.7. The van der Waals surface area contributed by atoms with Crippen molar-refractivity contribution in [2.75, 3.05) is 25.0 Å². The lowest BCUT2D eigenvalue weighted by molar-refractivity contribution is -0.116. The van der Waals surface area contributed by atoms with Gasteiger partial charge in [0.05, 0.1) is 6.10 Å². The van der Waals surface area contributed by atoms with Gasteiger partial charge in [-0.25, -0.2) is 0 Å². The van der Waals surface area contributed by atoms with E-state index in [2.05, 4.69) is 46.6 Å². The molecule has 1 amide bonds. The molecule has 4 rings (SSSR count). The topological polar surface area (TPSA) is 52.6 Å². The smallest absolute Gasteiger partial charge is 0.224 e. The second kappa shape index (κ2) is 10.2. The predicted octanol–water partition coefficient (Wildman–Crippen LogP) is 4.37. The molecule has 0 aromatic heterocycles. The summed E-state index contributed by atoms with van der Waals surface area (Å²) in [5.74, 6) is 0.746. The lowest BCUT2D eigenvalue weighted by Gasteiger charge is -2.34. The molecule has 2 N–H and O–H groups in total. The van der Waals surface area contributed by atoms with E-state index in [0.717, 1.165) is 49.2 Å². The molecule has 2 aromatic carbocycles. The highest BCUT2D eigenvalue weighted by molar-refractivity contribution is 5.92. The van der Waals surface area contributed by atoms with Gasteiger partial charge in [0.2, 0.25) is 5.91 Å². The van der Waals surface area contributed by atoms with Crippen molar-refractivity contribution in [1.82, 2.24) is 4.90 Å². The average Bonchev–Trinajstić information content (AvgIpc) is 2.89. The fourth-order valence-electron chi connectivity index (χ4n) is 4.58. The van der Waals surface area contributed by atoms with E-state index in [1.165, 1.54) is 18.4 Å². The molecule has 0 spiro atoms. The first-order valence-electron chi connectivity index (χ1n) is 10.5. The molecule has 0 aliphatic carbocycles. The molecule has 0 radical (unpaired) electrons. The number of carbonyl (C=O) groups is 1. The summed E-state index contributed by atoms with van der Waals surface area (Å²) in [6, 6.07) is 16.7. The van der Waals surface area contributed by atoms with Crippen LogP contribution >= 0.6 is 12.4 Å². The molecule has 2 atom stereocenters. The SMILES string of the molecule is Cl.O=C1CCCc2cc(C(O)CN3CCC[C@@H](Cc4ccccc4)C3)ccc2N1. The quantitative estimate of drug-likeness (QED) is 0.763. The predicted molar refractivity (Wildman–Crippen MR) is 120 cm³/mol. The third kappa shape index (κ3) is 5.81. The first-order chi connectivity index (χ1) is 13.7. The molecular weight excluding hydrogens is 384 g/mol. The van der Waals surface area contributed by atoms with Crippen LogP contribution in [0.5, 0.6) is 0 Å². The number of aliphatic hydroxyl groups excluding tert-OH is 1. The number of rotatable bonds is 5. The molecule has 2 heterocycles. The van der Waals surface area contributed by atoms with Crippen LogP contribution in [-0.4, -0.2) is 35.5 Å². The van der Waals surface area contributed by atoms with Gasteiger partial charge in [0.1, 0.15) is 0 Å². The second-order valence-corrected chi connectivity index (χ2v) is 8.29. The Morgan fingerprint density at radius 2 is 1.93 bits per heavy atom. The molecule has 4 nitrogen and oxygen atoms in total. The Labute approximate surface area is 179 Å². The van der Waals surface area contributed by atoms with Gasteiger partial charge in [-0.3, -0.25) is 4.79 Å². The van der Waals surface area contributed by atoms with Gasteiger partial charge in [-0.2, -0.15) is 0 Å². The number of hydrogen-bond acceptors (Lipinski definition) is 3. The van der Waals surface area contributed by atoms with E-state index in [0.29, 0.717) is 18.9 Å². The third-order valence-electron chi connectivity index (χ3n) is 6.04. The van der Waals surface area contributed by atoms with Crippen LogP contribution in [0.2, 0.25) is 0 Å². The van der Waals surface area contributed by atoms with E-state index in [4.69, 9.17) is 0 Å². The maximum atomic E-state index is 11.7. The number of anilines is 1. The van der Waals surface area contributed by atoms with E-state index in [9.17, 15) is 9.90 Å². The fourth-order valence-corrected chi connectivity index (χ4v) is 4.58. The molecule has 1 unspecified atom stereocenters. The number of benzene rings is 2. The number of likely N-dealkylation sites (tertiary alicyclic amines) is 1. The highest BCUT2D eigenvalue weighted by Crippen LogP contribution is 2.28. The maximum Gasteiger partial charge on any atom is 0.224 e. The van der Waals surface area contributed by atoms with Crippen molar-refractivity contribution in [2.45, 2.75) is 44.6 Å². The Hall–Kier alpha value is -1.88. The van der Waals surface area contributed by atoms with Gasteiger partial charge in [0.15, 0.2) is 0 Å². The number of β-amino-alcohol motifs (C(OH)–C–C–N with tert-alkyl or cyclic N) is 1. The molecule has 2 aliphatic rings. The number of halogens is 1. The van der Waals surface area contributed by atoms with Gasteiger partial charge < -0.3 is 15.3 Å². The number of nitrogens with zero attached hydrogens (tertiary/aromatic N) is 1. The van der Waals surface area contributed by atoms with Crippen LogP contribution in [0.4, 0.5) is 5.69 Å². The summed E-state index contributed by atoms with van der Waals surface area (Å²) in [5.41, 5.74) is 4.41. The van der Waals surface area contributed by atoms with Crippen molar-refractivity contribution < 1.29 is 9.90 Å². The molecule has 0 bridgehead atoms. The van der Waals surface area contributed by atoms with E-state index < -0.39 is 6.10 Å². The first kappa shape index (κ1) is 21.8. The van der Waals surface area contributed by atoms with Gasteiger partial charge in [0, 0.05) is 25.2 Å². The van der Waals surface area contributed by atoms with Gasteiger partial charge >= 0.3 is 0 Å². The molecule has 5 heteroatoms. The molecule has 2 aliphatic heterocycles. The van der Waals surface area contributed by atoms with Crippen molar-refractivity contribution in [1.29, 1.82) is 0 Å². The van der Waals surface area contributed by atoms with Crippen molar-refractivity contribution >= 4 is 24.0 Å². The Morgan fingerprint density at radius 3 is 2.76 bits per heavy atom. The van der Waals surface area contributed by atoms with E-state index in [1.807, 2.05) is 12.1 Å². The normalized spacial score (nSPS) is 20.7. The van der Waals surface area contributed by atoms with E-state index in [-0.39, 0.29) is 18.3 Å². The Balaban J connectivity index is 0.00000240. The zero-order chi connectivity index (χ0) is 19.3. The number of nitrogens with one attached hydrogen (secondary N) is 1. The lowest BCUT2D eigenvalue weighted by atomic mass is 9.91. The highest BCUT2D eigenvalue weighted by Gasteiger charge is 2.23. The molecular formula is C24H31ClN2O2. The summed E-state index contributed by atoms with van der Waals surface area (Å²) in [6.45, 7) is 2.78. The van der Waals surface area contributed by atoms with Crippen LogP contribution < -0.4 is 5.32 Å². The number of aliphatic hydroxyl groups is 1. The fraction of sp³-hybridized carbons (Fsp3) is 0.458. The average molecular weight is 415 g/mol. The summed E-state index contributed by atoms with van der Waals surface area (Å²) in [7, 11) is 0. The number of hydrogen-bond donors (Lipinski definition) is 2. The van der Waals surface area contributed by atoms with Crippen LogP contribution in [0.1, 0.15) is 48.5 Å². The van der Waals surface area contributed by atoms with Crippen LogP contribution in [0.3, 0.4) is 0 Å². The molecule has 0 saturated carbocycles.